The molecular weight excluding hydrogens is 262 g/mol. The lowest BCUT2D eigenvalue weighted by molar-refractivity contribution is 0.415. The fourth-order valence-corrected chi connectivity index (χ4v) is 1.61. The maximum Gasteiger partial charge on any atom is 0.201 e. The first-order chi connectivity index (χ1) is 9.56. The van der Waals surface area contributed by atoms with Crippen molar-refractivity contribution in [2.45, 2.75) is 26.4 Å². The van der Waals surface area contributed by atoms with Gasteiger partial charge in [-0.3, -0.25) is 4.98 Å². The van der Waals surface area contributed by atoms with Crippen LogP contribution in [0.2, 0.25) is 0 Å². The number of benzene rings is 1. The minimum Gasteiger partial charge on any atom is -0.454 e. The molecule has 106 valence electrons. The van der Waals surface area contributed by atoms with Crippen molar-refractivity contribution in [3.8, 4) is 11.5 Å². The Hall–Kier alpha value is -2.01. The minimum absolute atomic E-state index is 0.140. The first-order valence-electron chi connectivity index (χ1n) is 6.36. The van der Waals surface area contributed by atoms with Crippen molar-refractivity contribution in [1.82, 2.24) is 10.3 Å². The first-order valence-corrected chi connectivity index (χ1v) is 6.36. The number of ether oxygens (including phenoxy) is 1. The molecule has 0 spiro atoms. The summed E-state index contributed by atoms with van der Waals surface area (Å²) in [6, 6.07) is 7.46. The summed E-state index contributed by atoms with van der Waals surface area (Å²) in [5, 5.41) is 3.22. The molecule has 20 heavy (non-hydrogen) atoms. The van der Waals surface area contributed by atoms with Gasteiger partial charge < -0.3 is 10.1 Å². The zero-order chi connectivity index (χ0) is 14.5. The van der Waals surface area contributed by atoms with Crippen LogP contribution >= 0.6 is 0 Å². The molecule has 0 aliphatic heterocycles. The molecule has 0 aliphatic rings. The second-order valence-corrected chi connectivity index (χ2v) is 4.67. The SMILES string of the molecule is CC(C)NCc1cc(Oc2cccc(F)c2F)ccn1. The smallest absolute Gasteiger partial charge is 0.201 e. The van der Waals surface area contributed by atoms with Crippen LogP contribution in [-0.4, -0.2) is 11.0 Å². The summed E-state index contributed by atoms with van der Waals surface area (Å²) in [6.45, 7) is 4.64. The molecule has 3 nitrogen and oxygen atoms in total. The molecular formula is C15H16F2N2O. The van der Waals surface area contributed by atoms with Crippen molar-refractivity contribution in [3.05, 3.63) is 53.9 Å². The van der Waals surface area contributed by atoms with Gasteiger partial charge in [-0.15, -0.1) is 0 Å². The summed E-state index contributed by atoms with van der Waals surface area (Å²) in [7, 11) is 0. The second-order valence-electron chi connectivity index (χ2n) is 4.67. The Morgan fingerprint density at radius 1 is 1.25 bits per heavy atom. The molecule has 1 aromatic heterocycles. The van der Waals surface area contributed by atoms with Crippen molar-refractivity contribution in [1.29, 1.82) is 0 Å². The number of halogens is 2. The van der Waals surface area contributed by atoms with Crippen molar-refractivity contribution < 1.29 is 13.5 Å². The van der Waals surface area contributed by atoms with E-state index in [0.717, 1.165) is 11.8 Å². The Labute approximate surface area is 116 Å². The Bertz CT molecular complexity index is 588. The predicted octanol–water partition coefficient (Wildman–Crippen LogP) is 3.65. The highest BCUT2D eigenvalue weighted by Crippen LogP contribution is 2.25. The van der Waals surface area contributed by atoms with Crippen molar-refractivity contribution in [3.63, 3.8) is 0 Å². The van der Waals surface area contributed by atoms with E-state index in [1.165, 1.54) is 12.1 Å². The van der Waals surface area contributed by atoms with Crippen LogP contribution in [0.4, 0.5) is 8.78 Å². The van der Waals surface area contributed by atoms with Crippen LogP contribution in [-0.2, 0) is 6.54 Å². The van der Waals surface area contributed by atoms with Gasteiger partial charge >= 0.3 is 0 Å². The lowest BCUT2D eigenvalue weighted by Gasteiger charge is -2.10. The molecule has 1 heterocycles. The van der Waals surface area contributed by atoms with Gasteiger partial charge in [0.15, 0.2) is 11.6 Å². The third-order valence-corrected chi connectivity index (χ3v) is 2.62. The Morgan fingerprint density at radius 2 is 2.05 bits per heavy atom. The number of aromatic nitrogens is 1. The van der Waals surface area contributed by atoms with E-state index in [4.69, 9.17) is 4.74 Å². The molecule has 0 saturated carbocycles. The van der Waals surface area contributed by atoms with Crippen molar-refractivity contribution >= 4 is 0 Å². The average molecular weight is 278 g/mol. The van der Waals surface area contributed by atoms with Crippen LogP contribution in [0.5, 0.6) is 11.5 Å². The highest BCUT2D eigenvalue weighted by Gasteiger charge is 2.10. The molecule has 0 unspecified atom stereocenters. The number of hydrogen-bond donors (Lipinski definition) is 1. The topological polar surface area (TPSA) is 34.1 Å². The maximum absolute atomic E-state index is 13.5. The molecule has 0 radical (unpaired) electrons. The van der Waals surface area contributed by atoms with Gasteiger partial charge in [0.2, 0.25) is 5.82 Å². The summed E-state index contributed by atoms with van der Waals surface area (Å²) in [4.78, 5) is 4.18. The molecule has 0 amide bonds. The van der Waals surface area contributed by atoms with Crippen LogP contribution in [0.15, 0.2) is 36.5 Å². The monoisotopic (exact) mass is 278 g/mol. The van der Waals surface area contributed by atoms with Gasteiger partial charge in [0, 0.05) is 24.8 Å². The molecule has 0 bridgehead atoms. The van der Waals surface area contributed by atoms with Gasteiger partial charge in [-0.05, 0) is 18.2 Å². The fourth-order valence-electron chi connectivity index (χ4n) is 1.61. The van der Waals surface area contributed by atoms with Gasteiger partial charge in [0.1, 0.15) is 5.75 Å². The number of nitrogens with one attached hydrogen (secondary N) is 1. The summed E-state index contributed by atoms with van der Waals surface area (Å²) < 4.78 is 32.0. The fraction of sp³-hybridized carbons (Fsp3) is 0.267. The van der Waals surface area contributed by atoms with Gasteiger partial charge in [0.05, 0.1) is 5.69 Å². The standard InChI is InChI=1S/C15H16F2N2O/c1-10(2)19-9-11-8-12(6-7-18-11)20-14-5-3-4-13(16)15(14)17/h3-8,10,19H,9H2,1-2H3. The molecule has 2 rings (SSSR count). The molecule has 1 aromatic carbocycles. The number of nitrogens with zero attached hydrogens (tertiary/aromatic N) is 1. The Balaban J connectivity index is 2.13. The maximum atomic E-state index is 13.5. The molecule has 0 atom stereocenters. The van der Waals surface area contributed by atoms with E-state index >= 15 is 0 Å². The van der Waals surface area contributed by atoms with Crippen molar-refractivity contribution in [2.75, 3.05) is 0 Å². The Kier molecular flexibility index (Phi) is 4.63. The minimum atomic E-state index is -0.994. The van der Waals surface area contributed by atoms with Gasteiger partial charge in [0.25, 0.3) is 0 Å². The average Bonchev–Trinajstić information content (AvgIpc) is 2.42. The largest absolute Gasteiger partial charge is 0.454 e. The number of hydrogen-bond acceptors (Lipinski definition) is 3. The normalized spacial score (nSPS) is 10.8. The highest BCUT2D eigenvalue weighted by molar-refractivity contribution is 5.32. The summed E-state index contributed by atoms with van der Waals surface area (Å²) >= 11 is 0. The van der Waals surface area contributed by atoms with Crippen LogP contribution in [0, 0.1) is 11.6 Å². The lowest BCUT2D eigenvalue weighted by Crippen LogP contribution is -2.22. The van der Waals surface area contributed by atoms with Gasteiger partial charge in [-0.2, -0.15) is 4.39 Å². The van der Waals surface area contributed by atoms with Crippen molar-refractivity contribution in [2.24, 2.45) is 0 Å². The molecule has 0 fully saturated rings. The molecule has 0 saturated heterocycles. The predicted molar refractivity (Wildman–Crippen MR) is 72.6 cm³/mol. The van der Waals surface area contributed by atoms with Crippen LogP contribution in [0.3, 0.4) is 0 Å². The number of rotatable bonds is 5. The van der Waals surface area contributed by atoms with E-state index in [9.17, 15) is 8.78 Å². The van der Waals surface area contributed by atoms with Crippen LogP contribution in [0.25, 0.3) is 0 Å². The molecule has 1 N–H and O–H groups in total. The van der Waals surface area contributed by atoms with Crippen LogP contribution < -0.4 is 10.1 Å². The van der Waals surface area contributed by atoms with Gasteiger partial charge in [-0.1, -0.05) is 19.9 Å². The third-order valence-electron chi connectivity index (χ3n) is 2.62. The third kappa shape index (κ3) is 3.74. The number of pyridine rings is 1. The summed E-state index contributed by atoms with van der Waals surface area (Å²) in [6.07, 6.45) is 1.57. The van der Waals surface area contributed by atoms with E-state index in [1.807, 2.05) is 13.8 Å². The van der Waals surface area contributed by atoms with E-state index < -0.39 is 11.6 Å². The lowest BCUT2D eigenvalue weighted by atomic mass is 10.3. The molecule has 5 heteroatoms. The van der Waals surface area contributed by atoms with Gasteiger partial charge in [-0.25, -0.2) is 4.39 Å². The first kappa shape index (κ1) is 14.4. The quantitative estimate of drug-likeness (QED) is 0.906. The van der Waals surface area contributed by atoms with Crippen LogP contribution in [0.1, 0.15) is 19.5 Å². The second kappa shape index (κ2) is 6.43. The van der Waals surface area contributed by atoms with E-state index in [-0.39, 0.29) is 5.75 Å². The molecule has 2 aromatic rings. The zero-order valence-corrected chi connectivity index (χ0v) is 11.4. The van der Waals surface area contributed by atoms with E-state index in [0.29, 0.717) is 18.3 Å². The molecule has 0 aliphatic carbocycles. The van der Waals surface area contributed by atoms with E-state index in [2.05, 4.69) is 10.3 Å². The highest BCUT2D eigenvalue weighted by atomic mass is 19.2. The van der Waals surface area contributed by atoms with E-state index in [1.54, 1.807) is 18.3 Å². The summed E-state index contributed by atoms with van der Waals surface area (Å²) in [5.41, 5.74) is 0.771. The Morgan fingerprint density at radius 3 is 2.80 bits per heavy atom. The zero-order valence-electron chi connectivity index (χ0n) is 11.4. The summed E-state index contributed by atoms with van der Waals surface area (Å²) in [5.74, 6) is -1.64.